The standard InChI is InChI=1S/C26H38N4O3S/c1-19(2)17-30(18-20(3)4)26(31)22-8-11-25(29-14-12-27-13-15-29)24(16-22)28-34(32,33)23-9-6-21(5)7-10-23/h6-11,16,19-20,27-28H,12-15,17-18H2,1-5H3. The Balaban J connectivity index is 1.99. The van der Waals surface area contributed by atoms with Gasteiger partial charge >= 0.3 is 0 Å². The Kier molecular flexibility index (Phi) is 8.60. The van der Waals surface area contributed by atoms with Gasteiger partial charge in [0, 0.05) is 44.8 Å². The Bertz CT molecular complexity index is 1070. The fraction of sp³-hybridized carbons (Fsp3) is 0.500. The number of sulfonamides is 1. The van der Waals surface area contributed by atoms with Gasteiger partial charge in [0.2, 0.25) is 0 Å². The van der Waals surface area contributed by atoms with Crippen LogP contribution in [0, 0.1) is 18.8 Å². The molecule has 1 heterocycles. The van der Waals surface area contributed by atoms with Crippen molar-refractivity contribution in [3.63, 3.8) is 0 Å². The van der Waals surface area contributed by atoms with E-state index in [9.17, 15) is 13.2 Å². The number of nitrogens with one attached hydrogen (secondary N) is 2. The predicted octanol–water partition coefficient (Wildman–Crippen LogP) is 3.96. The summed E-state index contributed by atoms with van der Waals surface area (Å²) in [6.45, 7) is 14.8. The molecule has 0 atom stereocenters. The van der Waals surface area contributed by atoms with Gasteiger partial charge in [-0.05, 0) is 49.1 Å². The van der Waals surface area contributed by atoms with Crippen LogP contribution in [0.25, 0.3) is 0 Å². The van der Waals surface area contributed by atoms with E-state index in [0.29, 0.717) is 36.2 Å². The average Bonchev–Trinajstić information content (AvgIpc) is 2.78. The SMILES string of the molecule is Cc1ccc(S(=O)(=O)Nc2cc(C(=O)N(CC(C)C)CC(C)C)ccc2N2CCNCC2)cc1. The highest BCUT2D eigenvalue weighted by Crippen LogP contribution is 2.30. The second-order valence-electron chi connectivity index (χ2n) is 9.89. The van der Waals surface area contributed by atoms with Crippen molar-refractivity contribution in [2.75, 3.05) is 48.9 Å². The highest BCUT2D eigenvalue weighted by molar-refractivity contribution is 7.92. The zero-order chi connectivity index (χ0) is 24.9. The second-order valence-corrected chi connectivity index (χ2v) is 11.6. The number of hydrogen-bond acceptors (Lipinski definition) is 5. The number of rotatable bonds is 9. The zero-order valence-corrected chi connectivity index (χ0v) is 21.8. The van der Waals surface area contributed by atoms with Crippen molar-refractivity contribution in [2.24, 2.45) is 11.8 Å². The first-order chi connectivity index (χ1) is 16.1. The van der Waals surface area contributed by atoms with Gasteiger partial charge in [-0.3, -0.25) is 9.52 Å². The minimum absolute atomic E-state index is 0.0787. The first-order valence-electron chi connectivity index (χ1n) is 12.1. The van der Waals surface area contributed by atoms with Crippen LogP contribution < -0.4 is 14.9 Å². The maximum Gasteiger partial charge on any atom is 0.261 e. The van der Waals surface area contributed by atoms with Crippen LogP contribution in [-0.4, -0.2) is 58.5 Å². The van der Waals surface area contributed by atoms with Crippen LogP contribution in [0.5, 0.6) is 0 Å². The molecule has 1 aliphatic heterocycles. The Morgan fingerprint density at radius 2 is 1.59 bits per heavy atom. The molecule has 0 radical (unpaired) electrons. The van der Waals surface area contributed by atoms with Gasteiger partial charge in [-0.15, -0.1) is 0 Å². The quantitative estimate of drug-likeness (QED) is 0.561. The van der Waals surface area contributed by atoms with Gasteiger partial charge in [0.15, 0.2) is 0 Å². The number of aryl methyl sites for hydroxylation is 1. The molecule has 0 bridgehead atoms. The number of carbonyl (C=O) groups is 1. The maximum absolute atomic E-state index is 13.5. The van der Waals surface area contributed by atoms with E-state index in [1.54, 1.807) is 30.3 Å². The third-order valence-electron chi connectivity index (χ3n) is 5.74. The van der Waals surface area contributed by atoms with Crippen molar-refractivity contribution in [3.05, 3.63) is 53.6 Å². The van der Waals surface area contributed by atoms with E-state index >= 15 is 0 Å². The van der Waals surface area contributed by atoms with Crippen LogP contribution >= 0.6 is 0 Å². The van der Waals surface area contributed by atoms with Crippen molar-refractivity contribution < 1.29 is 13.2 Å². The van der Waals surface area contributed by atoms with Gasteiger partial charge in [-0.2, -0.15) is 0 Å². The van der Waals surface area contributed by atoms with E-state index in [2.05, 4.69) is 42.6 Å². The van der Waals surface area contributed by atoms with E-state index in [1.165, 1.54) is 0 Å². The van der Waals surface area contributed by atoms with Gasteiger partial charge in [0.1, 0.15) is 0 Å². The average molecular weight is 487 g/mol. The molecule has 0 unspecified atom stereocenters. The minimum atomic E-state index is -3.81. The third kappa shape index (κ3) is 6.73. The molecule has 8 heteroatoms. The van der Waals surface area contributed by atoms with Gasteiger partial charge in [-0.25, -0.2) is 8.42 Å². The minimum Gasteiger partial charge on any atom is -0.367 e. The number of hydrogen-bond donors (Lipinski definition) is 2. The lowest BCUT2D eigenvalue weighted by molar-refractivity contribution is 0.0715. The van der Waals surface area contributed by atoms with Gasteiger partial charge in [0.25, 0.3) is 15.9 Å². The molecule has 3 rings (SSSR count). The molecule has 1 amide bonds. The van der Waals surface area contributed by atoms with Crippen molar-refractivity contribution >= 4 is 27.3 Å². The number of carbonyl (C=O) groups excluding carboxylic acids is 1. The Morgan fingerprint density at radius 3 is 2.15 bits per heavy atom. The number of anilines is 2. The van der Waals surface area contributed by atoms with E-state index in [1.807, 2.05) is 24.0 Å². The molecule has 34 heavy (non-hydrogen) atoms. The highest BCUT2D eigenvalue weighted by Gasteiger charge is 2.24. The molecule has 2 N–H and O–H groups in total. The highest BCUT2D eigenvalue weighted by atomic mass is 32.2. The summed E-state index contributed by atoms with van der Waals surface area (Å²) in [6.07, 6.45) is 0. The van der Waals surface area contributed by atoms with Gasteiger partial charge in [0.05, 0.1) is 16.3 Å². The summed E-state index contributed by atoms with van der Waals surface area (Å²) in [7, 11) is -3.81. The molecule has 1 aliphatic rings. The van der Waals surface area contributed by atoms with E-state index in [4.69, 9.17) is 0 Å². The van der Waals surface area contributed by atoms with Gasteiger partial charge in [-0.1, -0.05) is 45.4 Å². The fourth-order valence-corrected chi connectivity index (χ4v) is 5.22. The van der Waals surface area contributed by atoms with Crippen LogP contribution in [0.3, 0.4) is 0 Å². The van der Waals surface area contributed by atoms with Crippen LogP contribution in [0.4, 0.5) is 11.4 Å². The fourth-order valence-electron chi connectivity index (χ4n) is 4.16. The first-order valence-corrected chi connectivity index (χ1v) is 13.5. The lowest BCUT2D eigenvalue weighted by atomic mass is 10.1. The number of amides is 1. The first kappa shape index (κ1) is 26.0. The summed E-state index contributed by atoms with van der Waals surface area (Å²) >= 11 is 0. The molecular formula is C26H38N4O3S. The number of benzene rings is 2. The molecule has 186 valence electrons. The lowest BCUT2D eigenvalue weighted by Crippen LogP contribution is -2.44. The van der Waals surface area contributed by atoms with E-state index in [0.717, 1.165) is 37.4 Å². The van der Waals surface area contributed by atoms with Crippen LogP contribution in [-0.2, 0) is 10.0 Å². The second kappa shape index (κ2) is 11.2. The maximum atomic E-state index is 13.5. The van der Waals surface area contributed by atoms with Crippen LogP contribution in [0.2, 0.25) is 0 Å². The Labute approximate surface area is 204 Å². The molecule has 2 aromatic carbocycles. The van der Waals surface area contributed by atoms with Crippen LogP contribution in [0.1, 0.15) is 43.6 Å². The molecule has 1 fully saturated rings. The predicted molar refractivity (Wildman–Crippen MR) is 139 cm³/mol. The molecule has 0 saturated carbocycles. The van der Waals surface area contributed by atoms with Gasteiger partial charge < -0.3 is 15.1 Å². The molecular weight excluding hydrogens is 448 g/mol. The summed E-state index contributed by atoms with van der Waals surface area (Å²) in [5.41, 5.74) is 2.70. The van der Waals surface area contributed by atoms with Crippen molar-refractivity contribution in [2.45, 2.75) is 39.5 Å². The number of nitrogens with zero attached hydrogens (tertiary/aromatic N) is 2. The zero-order valence-electron chi connectivity index (χ0n) is 21.0. The Morgan fingerprint density at radius 1 is 1.00 bits per heavy atom. The van der Waals surface area contributed by atoms with Crippen molar-refractivity contribution in [1.82, 2.24) is 10.2 Å². The summed E-state index contributed by atoms with van der Waals surface area (Å²) in [6, 6.07) is 12.1. The monoisotopic (exact) mass is 486 g/mol. The summed E-state index contributed by atoms with van der Waals surface area (Å²) in [5.74, 6) is 0.592. The smallest absolute Gasteiger partial charge is 0.261 e. The molecule has 7 nitrogen and oxygen atoms in total. The third-order valence-corrected chi connectivity index (χ3v) is 7.12. The lowest BCUT2D eigenvalue weighted by Gasteiger charge is -2.32. The molecule has 0 aromatic heterocycles. The molecule has 0 spiro atoms. The van der Waals surface area contributed by atoms with E-state index in [-0.39, 0.29) is 10.8 Å². The largest absolute Gasteiger partial charge is 0.367 e. The molecule has 2 aromatic rings. The topological polar surface area (TPSA) is 81.8 Å². The van der Waals surface area contributed by atoms with Crippen molar-refractivity contribution in [1.29, 1.82) is 0 Å². The summed E-state index contributed by atoms with van der Waals surface area (Å²) in [4.78, 5) is 17.7. The normalized spacial score (nSPS) is 14.5. The number of piperazine rings is 1. The summed E-state index contributed by atoms with van der Waals surface area (Å²) in [5, 5.41) is 3.32. The van der Waals surface area contributed by atoms with Crippen molar-refractivity contribution in [3.8, 4) is 0 Å². The molecule has 0 aliphatic carbocycles. The Hall–Kier alpha value is -2.58. The van der Waals surface area contributed by atoms with Crippen LogP contribution in [0.15, 0.2) is 47.4 Å². The van der Waals surface area contributed by atoms with E-state index < -0.39 is 10.0 Å². The molecule has 1 saturated heterocycles. The summed E-state index contributed by atoms with van der Waals surface area (Å²) < 4.78 is 29.2.